The van der Waals surface area contributed by atoms with Crippen LogP contribution in [0.1, 0.15) is 0 Å². The minimum Gasteiger partial charge on any atom is -0.262 e. The van der Waals surface area contributed by atoms with E-state index in [1.165, 1.54) is 23.4 Å². The minimum atomic E-state index is -3.79. The predicted octanol–water partition coefficient (Wildman–Crippen LogP) is -0.822. The third-order valence-electron chi connectivity index (χ3n) is 1.58. The summed E-state index contributed by atoms with van der Waals surface area (Å²) < 4.78 is 22.7. The molecule has 0 bridgehead atoms. The summed E-state index contributed by atoms with van der Waals surface area (Å²) in [5, 5.41) is 4.81. The van der Waals surface area contributed by atoms with Crippen LogP contribution in [0.5, 0.6) is 0 Å². The fraction of sp³-hybridized carbons (Fsp3) is 0. The van der Waals surface area contributed by atoms with Gasteiger partial charge in [0.25, 0.3) is 0 Å². The summed E-state index contributed by atoms with van der Waals surface area (Å²) in [6.07, 6.45) is 4.37. The SMILES string of the molecule is NS(=O)(=O)Nn1cnc2cnccc21. The number of nitrogens with one attached hydrogen (secondary N) is 1. The standard InChI is InChI=1S/C6H7N5O2S/c7-14(12,13)10-11-4-9-5-3-8-2-1-6(5)11/h1-4,10H,(H2,7,12,13). The smallest absolute Gasteiger partial charge is 0.262 e. The van der Waals surface area contributed by atoms with Crippen molar-refractivity contribution in [3.63, 3.8) is 0 Å². The predicted molar refractivity (Wildman–Crippen MR) is 50.0 cm³/mol. The van der Waals surface area contributed by atoms with Gasteiger partial charge in [-0.2, -0.15) is 8.42 Å². The minimum absolute atomic E-state index is 0.587. The molecule has 3 N–H and O–H groups in total. The zero-order valence-corrected chi connectivity index (χ0v) is 7.77. The molecule has 0 unspecified atom stereocenters. The molecule has 2 heterocycles. The molecule has 0 saturated heterocycles. The summed E-state index contributed by atoms with van der Waals surface area (Å²) in [4.78, 5) is 9.84. The molecule has 0 aliphatic carbocycles. The lowest BCUT2D eigenvalue weighted by Crippen LogP contribution is -2.28. The number of nitrogens with two attached hydrogens (primary N) is 1. The molecule has 0 fully saturated rings. The lowest BCUT2D eigenvalue weighted by Gasteiger charge is -2.03. The van der Waals surface area contributed by atoms with Gasteiger partial charge in [-0.3, -0.25) is 4.98 Å². The fourth-order valence-corrected chi connectivity index (χ4v) is 1.49. The van der Waals surface area contributed by atoms with Gasteiger partial charge in [0.2, 0.25) is 0 Å². The third-order valence-corrected chi connectivity index (χ3v) is 2.03. The van der Waals surface area contributed by atoms with Gasteiger partial charge in [0.15, 0.2) is 0 Å². The number of nitrogens with zero attached hydrogens (tertiary/aromatic N) is 3. The first-order valence-electron chi connectivity index (χ1n) is 3.64. The molecule has 0 aliphatic rings. The van der Waals surface area contributed by atoms with E-state index in [4.69, 9.17) is 5.14 Å². The average Bonchev–Trinajstić information content (AvgIpc) is 2.47. The van der Waals surface area contributed by atoms with Crippen molar-refractivity contribution < 1.29 is 8.42 Å². The molecule has 7 nitrogen and oxygen atoms in total. The lowest BCUT2D eigenvalue weighted by atomic mass is 10.4. The van der Waals surface area contributed by atoms with Gasteiger partial charge in [-0.25, -0.2) is 19.6 Å². The van der Waals surface area contributed by atoms with Crippen molar-refractivity contribution in [1.29, 1.82) is 0 Å². The Bertz CT molecular complexity index is 560. The van der Waals surface area contributed by atoms with E-state index in [0.29, 0.717) is 11.0 Å². The number of pyridine rings is 1. The van der Waals surface area contributed by atoms with Gasteiger partial charge in [0.1, 0.15) is 11.8 Å². The number of hydrogen-bond acceptors (Lipinski definition) is 4. The van der Waals surface area contributed by atoms with Crippen molar-refractivity contribution in [3.05, 3.63) is 24.8 Å². The van der Waals surface area contributed by atoms with Crippen LogP contribution in [-0.4, -0.2) is 23.1 Å². The van der Waals surface area contributed by atoms with E-state index in [1.54, 1.807) is 6.07 Å². The summed E-state index contributed by atoms with van der Waals surface area (Å²) in [5.74, 6) is 0. The molecular weight excluding hydrogens is 206 g/mol. The Morgan fingerprint density at radius 2 is 2.29 bits per heavy atom. The second kappa shape index (κ2) is 2.93. The second-order valence-corrected chi connectivity index (χ2v) is 3.89. The van der Waals surface area contributed by atoms with Crippen molar-refractivity contribution in [2.45, 2.75) is 0 Å². The van der Waals surface area contributed by atoms with Gasteiger partial charge in [0.05, 0.1) is 11.7 Å². The van der Waals surface area contributed by atoms with Crippen molar-refractivity contribution >= 4 is 21.2 Å². The van der Waals surface area contributed by atoms with Crippen molar-refractivity contribution in [1.82, 2.24) is 14.6 Å². The Kier molecular flexibility index (Phi) is 1.86. The zero-order valence-electron chi connectivity index (χ0n) is 6.95. The molecule has 0 aromatic carbocycles. The lowest BCUT2D eigenvalue weighted by molar-refractivity contribution is 0.597. The molecule has 0 amide bonds. The summed E-state index contributed by atoms with van der Waals surface area (Å²) in [5.41, 5.74) is 1.18. The highest BCUT2D eigenvalue weighted by Gasteiger charge is 2.05. The first-order chi connectivity index (χ1) is 6.56. The number of fused-ring (bicyclic) bond motifs is 1. The molecule has 0 atom stereocenters. The van der Waals surface area contributed by atoms with E-state index in [-0.39, 0.29) is 0 Å². The van der Waals surface area contributed by atoms with Crippen molar-refractivity contribution in [3.8, 4) is 0 Å². The van der Waals surface area contributed by atoms with Gasteiger partial charge >= 0.3 is 10.2 Å². The zero-order chi connectivity index (χ0) is 10.2. The van der Waals surface area contributed by atoms with Crippen LogP contribution < -0.4 is 9.97 Å². The monoisotopic (exact) mass is 213 g/mol. The van der Waals surface area contributed by atoms with Crippen LogP contribution in [-0.2, 0) is 10.2 Å². The van der Waals surface area contributed by atoms with Gasteiger partial charge in [-0.15, -0.1) is 0 Å². The molecule has 2 aromatic rings. The van der Waals surface area contributed by atoms with Crippen LogP contribution in [0.3, 0.4) is 0 Å². The van der Waals surface area contributed by atoms with Crippen LogP contribution in [0.25, 0.3) is 11.0 Å². The normalized spacial score (nSPS) is 11.8. The molecule has 8 heteroatoms. The molecular formula is C6H7N5O2S. The highest BCUT2D eigenvalue weighted by atomic mass is 32.2. The maximum Gasteiger partial charge on any atom is 0.310 e. The van der Waals surface area contributed by atoms with Crippen LogP contribution in [0, 0.1) is 0 Å². The second-order valence-electron chi connectivity index (χ2n) is 2.62. The highest BCUT2D eigenvalue weighted by molar-refractivity contribution is 7.90. The van der Waals surface area contributed by atoms with Gasteiger partial charge in [0, 0.05) is 6.20 Å². The topological polar surface area (TPSA) is 103 Å². The number of aromatic nitrogens is 3. The van der Waals surface area contributed by atoms with E-state index in [1.807, 2.05) is 0 Å². The molecule has 2 rings (SSSR count). The van der Waals surface area contributed by atoms with E-state index >= 15 is 0 Å². The Balaban J connectivity index is 2.54. The Labute approximate surface area is 79.7 Å². The van der Waals surface area contributed by atoms with E-state index in [9.17, 15) is 8.42 Å². The summed E-state index contributed by atoms with van der Waals surface area (Å²) in [6.45, 7) is 0. The molecule has 14 heavy (non-hydrogen) atoms. The molecule has 0 saturated carbocycles. The van der Waals surface area contributed by atoms with Gasteiger partial charge in [-0.05, 0) is 6.07 Å². The maximum absolute atomic E-state index is 10.7. The highest BCUT2D eigenvalue weighted by Crippen LogP contribution is 2.08. The Hall–Kier alpha value is -1.67. The van der Waals surface area contributed by atoms with E-state index in [0.717, 1.165) is 0 Å². The van der Waals surface area contributed by atoms with E-state index < -0.39 is 10.2 Å². The summed E-state index contributed by atoms with van der Waals surface area (Å²) in [6, 6.07) is 1.63. The average molecular weight is 213 g/mol. The van der Waals surface area contributed by atoms with Gasteiger partial charge in [-0.1, -0.05) is 0 Å². The van der Waals surface area contributed by atoms with E-state index in [2.05, 4.69) is 14.8 Å². The van der Waals surface area contributed by atoms with Gasteiger partial charge < -0.3 is 0 Å². The summed E-state index contributed by atoms with van der Waals surface area (Å²) in [7, 11) is -3.79. The Morgan fingerprint density at radius 1 is 1.50 bits per heavy atom. The first kappa shape index (κ1) is 8.91. The number of rotatable bonds is 2. The van der Waals surface area contributed by atoms with Crippen LogP contribution in [0.4, 0.5) is 0 Å². The van der Waals surface area contributed by atoms with Crippen molar-refractivity contribution in [2.75, 3.05) is 4.83 Å². The largest absolute Gasteiger partial charge is 0.310 e. The summed E-state index contributed by atoms with van der Waals surface area (Å²) >= 11 is 0. The van der Waals surface area contributed by atoms with Crippen LogP contribution >= 0.6 is 0 Å². The molecule has 0 aliphatic heterocycles. The van der Waals surface area contributed by atoms with Crippen LogP contribution in [0.2, 0.25) is 0 Å². The first-order valence-corrected chi connectivity index (χ1v) is 5.18. The molecule has 0 radical (unpaired) electrons. The quantitative estimate of drug-likeness (QED) is 0.680. The fourth-order valence-electron chi connectivity index (χ4n) is 1.07. The van der Waals surface area contributed by atoms with Crippen molar-refractivity contribution in [2.24, 2.45) is 5.14 Å². The Morgan fingerprint density at radius 3 is 3.00 bits per heavy atom. The maximum atomic E-state index is 10.7. The third kappa shape index (κ3) is 1.65. The molecule has 74 valence electrons. The number of imidazole rings is 1. The van der Waals surface area contributed by atoms with Crippen LogP contribution in [0.15, 0.2) is 24.8 Å². The molecule has 2 aromatic heterocycles. The number of hydrogen-bond donors (Lipinski definition) is 2. The molecule has 0 spiro atoms.